The minimum Gasteiger partial charge on any atom is -0.504 e. The number of phenols is 2. The van der Waals surface area contributed by atoms with E-state index >= 15 is 0 Å². The molecule has 0 saturated carbocycles. The predicted molar refractivity (Wildman–Crippen MR) is 56.2 cm³/mol. The van der Waals surface area contributed by atoms with Crippen LogP contribution < -0.4 is 4.74 Å². The summed E-state index contributed by atoms with van der Waals surface area (Å²) in [5, 5.41) is 19.7. The molecule has 0 amide bonds. The number of esters is 1. The summed E-state index contributed by atoms with van der Waals surface area (Å²) in [6.45, 7) is 1.59. The van der Waals surface area contributed by atoms with Gasteiger partial charge in [0.25, 0.3) is 0 Å². The maximum Gasteiger partial charge on any atom is 0.345 e. The zero-order valence-electron chi connectivity index (χ0n) is 9.60. The highest BCUT2D eigenvalue weighted by molar-refractivity contribution is 5.99. The molecule has 1 atom stereocenters. The Hall–Kier alpha value is -1.95. The molecule has 17 heavy (non-hydrogen) atoms. The Kier molecular flexibility index (Phi) is 2.59. The summed E-state index contributed by atoms with van der Waals surface area (Å²) in [5.74, 6) is -1.51. The van der Waals surface area contributed by atoms with Gasteiger partial charge in [0.05, 0.1) is 7.11 Å². The maximum absolute atomic E-state index is 11.6. The fourth-order valence-electron chi connectivity index (χ4n) is 1.91. The van der Waals surface area contributed by atoms with Gasteiger partial charge in [-0.05, 0) is 6.92 Å². The van der Waals surface area contributed by atoms with E-state index in [0.29, 0.717) is 11.1 Å². The van der Waals surface area contributed by atoms with Crippen molar-refractivity contribution >= 4 is 5.97 Å². The van der Waals surface area contributed by atoms with Crippen molar-refractivity contribution in [1.82, 2.24) is 0 Å². The van der Waals surface area contributed by atoms with Gasteiger partial charge in [-0.1, -0.05) is 0 Å². The molecule has 0 saturated heterocycles. The van der Waals surface area contributed by atoms with E-state index in [1.807, 2.05) is 0 Å². The van der Waals surface area contributed by atoms with Gasteiger partial charge in [-0.25, -0.2) is 4.79 Å². The minimum atomic E-state index is -0.916. The van der Waals surface area contributed by atoms with Crippen LogP contribution in [0.25, 0.3) is 0 Å². The molecule has 1 aliphatic rings. The lowest BCUT2D eigenvalue weighted by atomic mass is 10.00. The number of hydrogen-bond donors (Lipinski definition) is 2. The van der Waals surface area contributed by atoms with E-state index in [1.165, 1.54) is 14.2 Å². The van der Waals surface area contributed by atoms with Gasteiger partial charge in [-0.15, -0.1) is 0 Å². The Morgan fingerprint density at radius 1 is 1.24 bits per heavy atom. The second-order valence-corrected chi connectivity index (χ2v) is 3.62. The Morgan fingerprint density at radius 3 is 2.41 bits per heavy atom. The molecule has 1 aromatic rings. The average molecular weight is 240 g/mol. The van der Waals surface area contributed by atoms with Crippen LogP contribution in [0.2, 0.25) is 0 Å². The van der Waals surface area contributed by atoms with Crippen molar-refractivity contribution < 1.29 is 29.2 Å². The standard InChI is InChI=1S/C11H12O6/c1-4-5-6(10(14)17-11(5)16-3)8(13)9(15-2)7(4)12/h11-13H,1-3H3. The number of phenolic OH excluding ortho intramolecular Hbond substituents is 2. The lowest BCUT2D eigenvalue weighted by molar-refractivity contribution is -0.0819. The lowest BCUT2D eigenvalue weighted by Gasteiger charge is -2.14. The number of benzene rings is 1. The van der Waals surface area contributed by atoms with E-state index < -0.39 is 18.0 Å². The van der Waals surface area contributed by atoms with Crippen LogP contribution in [0.5, 0.6) is 17.2 Å². The van der Waals surface area contributed by atoms with E-state index in [-0.39, 0.29) is 17.1 Å². The lowest BCUT2D eigenvalue weighted by Crippen LogP contribution is -2.01. The van der Waals surface area contributed by atoms with Crippen LogP contribution >= 0.6 is 0 Å². The van der Waals surface area contributed by atoms with Crippen molar-refractivity contribution in [2.24, 2.45) is 0 Å². The number of methoxy groups -OCH3 is 2. The van der Waals surface area contributed by atoms with Crippen LogP contribution in [0.4, 0.5) is 0 Å². The molecule has 0 fully saturated rings. The summed E-state index contributed by atoms with van der Waals surface area (Å²) in [6, 6.07) is 0. The Balaban J connectivity index is 2.78. The molecule has 92 valence electrons. The van der Waals surface area contributed by atoms with Crippen molar-refractivity contribution in [1.29, 1.82) is 0 Å². The summed E-state index contributed by atoms with van der Waals surface area (Å²) in [7, 11) is 2.65. The first-order valence-electron chi connectivity index (χ1n) is 4.89. The molecular weight excluding hydrogens is 228 g/mol. The molecule has 0 aromatic heterocycles. The van der Waals surface area contributed by atoms with Gasteiger partial charge in [0.1, 0.15) is 5.56 Å². The summed E-state index contributed by atoms with van der Waals surface area (Å²) in [6.07, 6.45) is -0.916. The molecule has 0 bridgehead atoms. The second kappa shape index (κ2) is 3.81. The Labute approximate surface area is 97.3 Å². The maximum atomic E-state index is 11.6. The van der Waals surface area contributed by atoms with E-state index in [1.54, 1.807) is 6.92 Å². The van der Waals surface area contributed by atoms with Crippen LogP contribution in [0.3, 0.4) is 0 Å². The molecule has 6 heteroatoms. The highest BCUT2D eigenvalue weighted by Gasteiger charge is 2.39. The molecule has 1 unspecified atom stereocenters. The van der Waals surface area contributed by atoms with Gasteiger partial charge >= 0.3 is 5.97 Å². The van der Waals surface area contributed by atoms with Gasteiger partial charge in [0, 0.05) is 18.2 Å². The SMILES string of the molecule is COc1c(O)c(C)c2c(c1O)C(=O)OC2OC. The molecule has 0 aliphatic carbocycles. The first kappa shape index (κ1) is 11.5. The Bertz CT molecular complexity index is 493. The van der Waals surface area contributed by atoms with Crippen LogP contribution in [0.1, 0.15) is 27.8 Å². The highest BCUT2D eigenvalue weighted by atomic mass is 16.7. The Morgan fingerprint density at radius 2 is 1.88 bits per heavy atom. The van der Waals surface area contributed by atoms with Crippen LogP contribution in [0, 0.1) is 6.92 Å². The number of hydrogen-bond acceptors (Lipinski definition) is 6. The molecule has 0 spiro atoms. The summed E-state index contributed by atoms with van der Waals surface area (Å²) < 4.78 is 14.7. The predicted octanol–water partition coefficient (Wildman–Crippen LogP) is 1.23. The molecule has 1 aromatic carbocycles. The van der Waals surface area contributed by atoms with Crippen molar-refractivity contribution in [3.8, 4) is 17.2 Å². The molecule has 2 N–H and O–H groups in total. The molecule has 0 radical (unpaired) electrons. The van der Waals surface area contributed by atoms with Crippen molar-refractivity contribution in [2.75, 3.05) is 14.2 Å². The number of fused-ring (bicyclic) bond motifs is 1. The smallest absolute Gasteiger partial charge is 0.345 e. The summed E-state index contributed by atoms with van der Waals surface area (Å²) in [4.78, 5) is 11.6. The third kappa shape index (κ3) is 1.41. The monoisotopic (exact) mass is 240 g/mol. The van der Waals surface area contributed by atoms with Gasteiger partial charge in [0.2, 0.25) is 12.0 Å². The third-order valence-corrected chi connectivity index (χ3v) is 2.77. The fraction of sp³-hybridized carbons (Fsp3) is 0.364. The normalized spacial score (nSPS) is 17.8. The van der Waals surface area contributed by atoms with Crippen molar-refractivity contribution in [3.05, 3.63) is 16.7 Å². The van der Waals surface area contributed by atoms with Crippen LogP contribution in [0.15, 0.2) is 0 Å². The first-order valence-corrected chi connectivity index (χ1v) is 4.89. The number of rotatable bonds is 2. The quantitative estimate of drug-likeness (QED) is 0.756. The molecule has 6 nitrogen and oxygen atoms in total. The zero-order chi connectivity index (χ0) is 12.7. The summed E-state index contributed by atoms with van der Waals surface area (Å²) in [5.41, 5.74) is 0.685. The van der Waals surface area contributed by atoms with Crippen LogP contribution in [-0.4, -0.2) is 30.4 Å². The van der Waals surface area contributed by atoms with E-state index in [0.717, 1.165) is 0 Å². The number of carbonyl (C=O) groups excluding carboxylic acids is 1. The zero-order valence-corrected chi connectivity index (χ0v) is 9.60. The topological polar surface area (TPSA) is 85.2 Å². The van der Waals surface area contributed by atoms with Gasteiger partial charge in [0.15, 0.2) is 11.5 Å². The molecule has 2 rings (SSSR count). The van der Waals surface area contributed by atoms with E-state index in [2.05, 4.69) is 0 Å². The largest absolute Gasteiger partial charge is 0.504 e. The summed E-state index contributed by atoms with van der Waals surface area (Å²) >= 11 is 0. The number of aromatic hydroxyl groups is 2. The second-order valence-electron chi connectivity index (χ2n) is 3.62. The van der Waals surface area contributed by atoms with E-state index in [4.69, 9.17) is 14.2 Å². The van der Waals surface area contributed by atoms with Gasteiger partial charge in [-0.3, -0.25) is 0 Å². The molecule has 1 heterocycles. The fourth-order valence-corrected chi connectivity index (χ4v) is 1.91. The average Bonchev–Trinajstić information content (AvgIpc) is 2.64. The third-order valence-electron chi connectivity index (χ3n) is 2.77. The number of ether oxygens (including phenoxy) is 3. The number of carbonyl (C=O) groups is 1. The minimum absolute atomic E-state index is 0.0241. The molecular formula is C11H12O6. The number of cyclic esters (lactones) is 1. The van der Waals surface area contributed by atoms with Crippen molar-refractivity contribution in [2.45, 2.75) is 13.2 Å². The van der Waals surface area contributed by atoms with E-state index in [9.17, 15) is 15.0 Å². The highest BCUT2D eigenvalue weighted by Crippen LogP contribution is 2.49. The van der Waals surface area contributed by atoms with Crippen LogP contribution in [-0.2, 0) is 9.47 Å². The van der Waals surface area contributed by atoms with Gasteiger partial charge in [-0.2, -0.15) is 0 Å². The van der Waals surface area contributed by atoms with Crippen molar-refractivity contribution in [3.63, 3.8) is 0 Å². The van der Waals surface area contributed by atoms with Gasteiger partial charge < -0.3 is 24.4 Å². The first-order chi connectivity index (χ1) is 8.02. The molecule has 1 aliphatic heterocycles.